The van der Waals surface area contributed by atoms with Crippen LogP contribution < -0.4 is 10.9 Å². The fourth-order valence-electron chi connectivity index (χ4n) is 2.88. The van der Waals surface area contributed by atoms with Gasteiger partial charge < -0.3 is 14.8 Å². The van der Waals surface area contributed by atoms with Gasteiger partial charge in [0.15, 0.2) is 0 Å². The zero-order chi connectivity index (χ0) is 17.0. The third kappa shape index (κ3) is 4.58. The van der Waals surface area contributed by atoms with Gasteiger partial charge in [-0.15, -0.1) is 0 Å². The van der Waals surface area contributed by atoms with Gasteiger partial charge >= 0.3 is 5.63 Å². The first-order valence-corrected chi connectivity index (χ1v) is 8.47. The highest BCUT2D eigenvalue weighted by Crippen LogP contribution is 2.26. The third-order valence-electron chi connectivity index (χ3n) is 4.40. The standard InChI is InChI=1S/C19H27NO3/c1-12(2)6-5-7-13(3)20-11-15-10-18(22)23-19-14(4)17(21)9-8-16(15)19/h8-10,12-13,20-21H,5-7,11H2,1-4H3/p+1/t13-/m0/s1. The number of nitrogens with two attached hydrogens (primary N) is 1. The molecule has 4 nitrogen and oxygen atoms in total. The van der Waals surface area contributed by atoms with E-state index in [0.717, 1.165) is 23.4 Å². The van der Waals surface area contributed by atoms with E-state index in [1.54, 1.807) is 19.1 Å². The topological polar surface area (TPSA) is 67.1 Å². The molecule has 1 heterocycles. The lowest BCUT2D eigenvalue weighted by molar-refractivity contribution is -0.701. The molecule has 1 atom stereocenters. The van der Waals surface area contributed by atoms with Crippen LogP contribution in [-0.4, -0.2) is 11.1 Å². The second-order valence-corrected chi connectivity index (χ2v) is 6.92. The predicted octanol–water partition coefficient (Wildman–Crippen LogP) is 3.09. The number of benzene rings is 1. The Morgan fingerprint density at radius 3 is 2.65 bits per heavy atom. The van der Waals surface area contributed by atoms with E-state index in [9.17, 15) is 9.90 Å². The molecule has 0 fully saturated rings. The largest absolute Gasteiger partial charge is 0.508 e. The Bertz CT molecular complexity index is 718. The molecule has 0 unspecified atom stereocenters. The molecule has 1 aromatic carbocycles. The Hall–Kier alpha value is -1.81. The van der Waals surface area contributed by atoms with Gasteiger partial charge in [0.25, 0.3) is 0 Å². The summed E-state index contributed by atoms with van der Waals surface area (Å²) in [7, 11) is 0. The Kier molecular flexibility index (Phi) is 5.83. The Morgan fingerprint density at radius 2 is 1.96 bits per heavy atom. The van der Waals surface area contributed by atoms with Crippen LogP contribution in [0, 0.1) is 12.8 Å². The Labute approximate surface area is 137 Å². The molecule has 0 aliphatic carbocycles. The summed E-state index contributed by atoms with van der Waals surface area (Å²) in [5, 5.41) is 13.0. The van der Waals surface area contributed by atoms with Crippen molar-refractivity contribution in [2.45, 2.75) is 59.5 Å². The van der Waals surface area contributed by atoms with Gasteiger partial charge in [0.1, 0.15) is 17.9 Å². The molecule has 0 amide bonds. The number of hydrogen-bond acceptors (Lipinski definition) is 3. The van der Waals surface area contributed by atoms with Crippen LogP contribution in [0.15, 0.2) is 27.4 Å². The number of fused-ring (bicyclic) bond motifs is 1. The highest BCUT2D eigenvalue weighted by molar-refractivity contribution is 5.84. The molecule has 1 aromatic heterocycles. The molecule has 0 aliphatic heterocycles. The fourth-order valence-corrected chi connectivity index (χ4v) is 2.88. The Morgan fingerprint density at radius 1 is 1.22 bits per heavy atom. The van der Waals surface area contributed by atoms with E-state index in [0.29, 0.717) is 17.2 Å². The summed E-state index contributed by atoms with van der Waals surface area (Å²) in [5.74, 6) is 0.907. The summed E-state index contributed by atoms with van der Waals surface area (Å²) in [6.07, 6.45) is 3.67. The zero-order valence-corrected chi connectivity index (χ0v) is 14.6. The third-order valence-corrected chi connectivity index (χ3v) is 4.40. The second kappa shape index (κ2) is 7.64. The van der Waals surface area contributed by atoms with Crippen LogP contribution in [-0.2, 0) is 6.54 Å². The summed E-state index contributed by atoms with van der Waals surface area (Å²) in [6, 6.07) is 5.57. The second-order valence-electron chi connectivity index (χ2n) is 6.92. The van der Waals surface area contributed by atoms with Crippen molar-refractivity contribution in [1.82, 2.24) is 0 Å². The van der Waals surface area contributed by atoms with Crippen molar-refractivity contribution in [1.29, 1.82) is 0 Å². The van der Waals surface area contributed by atoms with E-state index in [2.05, 4.69) is 26.1 Å². The molecule has 0 saturated heterocycles. The number of rotatable bonds is 7. The summed E-state index contributed by atoms with van der Waals surface area (Å²) < 4.78 is 5.28. The van der Waals surface area contributed by atoms with Crippen molar-refractivity contribution in [3.05, 3.63) is 39.7 Å². The molecule has 23 heavy (non-hydrogen) atoms. The van der Waals surface area contributed by atoms with Gasteiger partial charge in [-0.2, -0.15) is 0 Å². The first kappa shape index (κ1) is 17.5. The van der Waals surface area contributed by atoms with Crippen molar-refractivity contribution in [3.63, 3.8) is 0 Å². The lowest BCUT2D eigenvalue weighted by Crippen LogP contribution is -2.87. The number of hydrogen-bond donors (Lipinski definition) is 2. The van der Waals surface area contributed by atoms with Crippen molar-refractivity contribution < 1.29 is 14.8 Å². The molecule has 0 spiro atoms. The van der Waals surface area contributed by atoms with E-state index in [1.165, 1.54) is 19.3 Å². The van der Waals surface area contributed by atoms with Crippen LogP contribution in [0.3, 0.4) is 0 Å². The van der Waals surface area contributed by atoms with E-state index in [-0.39, 0.29) is 11.4 Å². The maximum atomic E-state index is 11.8. The molecular formula is C19H28NO3+. The summed E-state index contributed by atoms with van der Waals surface area (Å²) in [4.78, 5) is 11.8. The van der Waals surface area contributed by atoms with Crippen LogP contribution in [0.2, 0.25) is 0 Å². The van der Waals surface area contributed by atoms with Crippen LogP contribution in [0.4, 0.5) is 0 Å². The lowest BCUT2D eigenvalue weighted by atomic mass is 10.0. The fraction of sp³-hybridized carbons (Fsp3) is 0.526. The van der Waals surface area contributed by atoms with Crippen LogP contribution in [0.5, 0.6) is 5.75 Å². The number of phenolic OH excluding ortho intramolecular Hbond substituents is 1. The van der Waals surface area contributed by atoms with E-state index in [1.807, 2.05) is 6.07 Å². The predicted molar refractivity (Wildman–Crippen MR) is 92.7 cm³/mol. The van der Waals surface area contributed by atoms with E-state index >= 15 is 0 Å². The molecule has 0 bridgehead atoms. The molecule has 4 heteroatoms. The minimum Gasteiger partial charge on any atom is -0.508 e. The molecule has 2 aromatic rings. The molecular weight excluding hydrogens is 290 g/mol. The Balaban J connectivity index is 2.11. The van der Waals surface area contributed by atoms with Crippen molar-refractivity contribution >= 4 is 11.0 Å². The first-order valence-electron chi connectivity index (χ1n) is 8.47. The number of quaternary nitrogens is 1. The van der Waals surface area contributed by atoms with Crippen molar-refractivity contribution in [3.8, 4) is 5.75 Å². The molecule has 3 N–H and O–H groups in total. The van der Waals surface area contributed by atoms with Gasteiger partial charge in [-0.25, -0.2) is 4.79 Å². The summed E-state index contributed by atoms with van der Waals surface area (Å²) in [6.45, 7) is 9.24. The van der Waals surface area contributed by atoms with Gasteiger partial charge in [-0.1, -0.05) is 20.3 Å². The maximum Gasteiger partial charge on any atom is 0.336 e. The van der Waals surface area contributed by atoms with Crippen LogP contribution >= 0.6 is 0 Å². The molecule has 2 rings (SSSR count). The minimum absolute atomic E-state index is 0.156. The quantitative estimate of drug-likeness (QED) is 0.771. The number of aryl methyl sites for hydroxylation is 1. The molecule has 0 radical (unpaired) electrons. The van der Waals surface area contributed by atoms with Gasteiger partial charge in [0.05, 0.1) is 6.04 Å². The average Bonchev–Trinajstić information content (AvgIpc) is 2.48. The van der Waals surface area contributed by atoms with E-state index < -0.39 is 0 Å². The number of aromatic hydroxyl groups is 1. The normalized spacial score (nSPS) is 12.9. The molecule has 0 saturated carbocycles. The average molecular weight is 318 g/mol. The lowest BCUT2D eigenvalue weighted by Gasteiger charge is -2.13. The number of phenols is 1. The molecule has 0 aliphatic rings. The monoisotopic (exact) mass is 318 g/mol. The van der Waals surface area contributed by atoms with Gasteiger partial charge in [-0.05, 0) is 44.7 Å². The zero-order valence-electron chi connectivity index (χ0n) is 14.6. The van der Waals surface area contributed by atoms with E-state index in [4.69, 9.17) is 4.42 Å². The van der Waals surface area contributed by atoms with Crippen LogP contribution in [0.25, 0.3) is 11.0 Å². The van der Waals surface area contributed by atoms with Gasteiger partial charge in [0.2, 0.25) is 0 Å². The van der Waals surface area contributed by atoms with Crippen molar-refractivity contribution in [2.24, 2.45) is 5.92 Å². The summed E-state index contributed by atoms with van der Waals surface area (Å²) >= 11 is 0. The van der Waals surface area contributed by atoms with Crippen LogP contribution in [0.1, 0.15) is 51.2 Å². The highest BCUT2D eigenvalue weighted by Gasteiger charge is 2.13. The first-order chi connectivity index (χ1) is 10.9. The maximum absolute atomic E-state index is 11.8. The summed E-state index contributed by atoms with van der Waals surface area (Å²) in [5.41, 5.74) is 1.72. The minimum atomic E-state index is -0.359. The highest BCUT2D eigenvalue weighted by atomic mass is 16.4. The van der Waals surface area contributed by atoms with Crippen molar-refractivity contribution in [2.75, 3.05) is 0 Å². The van der Waals surface area contributed by atoms with Gasteiger partial charge in [-0.3, -0.25) is 0 Å². The SMILES string of the molecule is Cc1c(O)ccc2c(C[NH2+][C@@H](C)CCCC(C)C)cc(=O)oc12. The smallest absolute Gasteiger partial charge is 0.336 e. The van der Waals surface area contributed by atoms with Gasteiger partial charge in [0, 0.05) is 22.6 Å². The molecule has 126 valence electrons.